The van der Waals surface area contributed by atoms with E-state index in [1.807, 2.05) is 54.9 Å². The second-order valence-corrected chi connectivity index (χ2v) is 5.29. The van der Waals surface area contributed by atoms with E-state index in [1.54, 1.807) is 0 Å². The van der Waals surface area contributed by atoms with Crippen LogP contribution in [-0.2, 0) is 6.54 Å². The number of rotatable bonds is 5. The van der Waals surface area contributed by atoms with Crippen molar-refractivity contribution in [2.24, 2.45) is 0 Å². The molecule has 0 radical (unpaired) electrons. The highest BCUT2D eigenvalue weighted by molar-refractivity contribution is 7.08. The lowest BCUT2D eigenvalue weighted by molar-refractivity contribution is 0.0951. The molecule has 1 heterocycles. The number of amides is 1. The van der Waals surface area contributed by atoms with Gasteiger partial charge in [-0.05, 0) is 43.0 Å². The Balaban J connectivity index is 1.88. The van der Waals surface area contributed by atoms with Crippen LogP contribution in [0.1, 0.15) is 29.8 Å². The molecule has 0 saturated heterocycles. The Morgan fingerprint density at radius 3 is 2.58 bits per heavy atom. The van der Waals surface area contributed by atoms with Gasteiger partial charge in [0.15, 0.2) is 0 Å². The molecule has 1 aromatic carbocycles. The van der Waals surface area contributed by atoms with Crippen LogP contribution in [0.2, 0.25) is 0 Å². The third-order valence-corrected chi connectivity index (χ3v) is 3.21. The molecule has 0 fully saturated rings. The van der Waals surface area contributed by atoms with E-state index in [2.05, 4.69) is 5.32 Å². The molecule has 0 aliphatic rings. The molecule has 19 heavy (non-hydrogen) atoms. The molecule has 2 rings (SSSR count). The van der Waals surface area contributed by atoms with Crippen molar-refractivity contribution in [2.45, 2.75) is 26.5 Å². The third kappa shape index (κ3) is 4.10. The van der Waals surface area contributed by atoms with Gasteiger partial charge in [0.05, 0.1) is 6.10 Å². The summed E-state index contributed by atoms with van der Waals surface area (Å²) in [7, 11) is 0. The molecule has 1 N–H and O–H groups in total. The highest BCUT2D eigenvalue weighted by atomic mass is 32.1. The zero-order valence-electron chi connectivity index (χ0n) is 11.1. The Labute approximate surface area is 117 Å². The van der Waals surface area contributed by atoms with Crippen LogP contribution in [0.5, 0.6) is 5.75 Å². The number of carbonyl (C=O) groups excluding carboxylic acids is 1. The maximum atomic E-state index is 11.8. The van der Waals surface area contributed by atoms with Crippen molar-refractivity contribution in [1.29, 1.82) is 0 Å². The Morgan fingerprint density at radius 2 is 2.00 bits per heavy atom. The smallest absolute Gasteiger partial charge is 0.252 e. The molecule has 0 unspecified atom stereocenters. The number of nitrogens with one attached hydrogen (secondary N) is 1. The van der Waals surface area contributed by atoms with Crippen molar-refractivity contribution in [1.82, 2.24) is 5.32 Å². The van der Waals surface area contributed by atoms with E-state index in [-0.39, 0.29) is 12.0 Å². The van der Waals surface area contributed by atoms with E-state index in [0.717, 1.165) is 11.3 Å². The largest absolute Gasteiger partial charge is 0.491 e. The van der Waals surface area contributed by atoms with Crippen LogP contribution in [-0.4, -0.2) is 12.0 Å². The highest BCUT2D eigenvalue weighted by Crippen LogP contribution is 2.14. The minimum absolute atomic E-state index is 0.0382. The summed E-state index contributed by atoms with van der Waals surface area (Å²) in [6, 6.07) is 9.59. The number of benzene rings is 1. The van der Waals surface area contributed by atoms with Crippen LogP contribution in [0, 0.1) is 0 Å². The van der Waals surface area contributed by atoms with Crippen LogP contribution < -0.4 is 10.1 Å². The summed E-state index contributed by atoms with van der Waals surface area (Å²) in [5.41, 5.74) is 1.77. The first-order valence-corrected chi connectivity index (χ1v) is 7.15. The maximum absolute atomic E-state index is 11.8. The fourth-order valence-corrected chi connectivity index (χ4v) is 2.27. The highest BCUT2D eigenvalue weighted by Gasteiger charge is 2.05. The van der Waals surface area contributed by atoms with Crippen LogP contribution in [0.4, 0.5) is 0 Å². The summed E-state index contributed by atoms with van der Waals surface area (Å²) < 4.78 is 5.57. The molecule has 2 aromatic rings. The van der Waals surface area contributed by atoms with Gasteiger partial charge in [-0.15, -0.1) is 0 Å². The van der Waals surface area contributed by atoms with Gasteiger partial charge in [-0.1, -0.05) is 12.1 Å². The Bertz CT molecular complexity index is 518. The average Bonchev–Trinajstić information content (AvgIpc) is 2.91. The van der Waals surface area contributed by atoms with E-state index < -0.39 is 0 Å². The number of carbonyl (C=O) groups is 1. The number of hydrogen-bond donors (Lipinski definition) is 1. The number of hydrogen-bond acceptors (Lipinski definition) is 3. The topological polar surface area (TPSA) is 38.3 Å². The quantitative estimate of drug-likeness (QED) is 0.907. The third-order valence-electron chi connectivity index (χ3n) is 2.53. The summed E-state index contributed by atoms with van der Waals surface area (Å²) in [5, 5.41) is 6.63. The summed E-state index contributed by atoms with van der Waals surface area (Å²) in [6.45, 7) is 4.51. The fraction of sp³-hybridized carbons (Fsp3) is 0.267. The molecule has 100 valence electrons. The van der Waals surface area contributed by atoms with Gasteiger partial charge in [0.2, 0.25) is 0 Å². The van der Waals surface area contributed by atoms with Crippen LogP contribution >= 0.6 is 11.3 Å². The number of ether oxygens (including phenoxy) is 1. The van der Waals surface area contributed by atoms with Gasteiger partial charge < -0.3 is 10.1 Å². The van der Waals surface area contributed by atoms with Crippen LogP contribution in [0.25, 0.3) is 0 Å². The SMILES string of the molecule is CC(C)Oc1ccc(CNC(=O)c2ccsc2)cc1. The summed E-state index contributed by atoms with van der Waals surface area (Å²) in [6.07, 6.45) is 0.171. The van der Waals surface area contributed by atoms with Gasteiger partial charge in [-0.2, -0.15) is 11.3 Å². The Morgan fingerprint density at radius 1 is 1.26 bits per heavy atom. The van der Waals surface area contributed by atoms with E-state index in [0.29, 0.717) is 12.1 Å². The molecular weight excluding hydrogens is 258 g/mol. The predicted molar refractivity (Wildman–Crippen MR) is 77.7 cm³/mol. The first-order valence-electron chi connectivity index (χ1n) is 6.21. The van der Waals surface area contributed by atoms with Crippen molar-refractivity contribution in [2.75, 3.05) is 0 Å². The minimum Gasteiger partial charge on any atom is -0.491 e. The lowest BCUT2D eigenvalue weighted by Gasteiger charge is -2.10. The molecule has 0 aliphatic heterocycles. The van der Waals surface area contributed by atoms with Crippen LogP contribution in [0.3, 0.4) is 0 Å². The molecule has 0 bridgehead atoms. The fourth-order valence-electron chi connectivity index (χ4n) is 1.64. The van der Waals surface area contributed by atoms with Crippen molar-refractivity contribution in [3.63, 3.8) is 0 Å². The van der Waals surface area contributed by atoms with E-state index in [4.69, 9.17) is 4.74 Å². The van der Waals surface area contributed by atoms with Gasteiger partial charge in [0, 0.05) is 17.5 Å². The van der Waals surface area contributed by atoms with E-state index in [1.165, 1.54) is 11.3 Å². The monoisotopic (exact) mass is 275 g/mol. The molecule has 1 aromatic heterocycles. The second-order valence-electron chi connectivity index (χ2n) is 4.51. The van der Waals surface area contributed by atoms with Gasteiger partial charge in [-0.25, -0.2) is 0 Å². The summed E-state index contributed by atoms with van der Waals surface area (Å²) in [4.78, 5) is 11.8. The normalized spacial score (nSPS) is 10.5. The zero-order chi connectivity index (χ0) is 13.7. The molecule has 1 amide bonds. The van der Waals surface area contributed by atoms with Crippen molar-refractivity contribution < 1.29 is 9.53 Å². The van der Waals surface area contributed by atoms with Gasteiger partial charge >= 0.3 is 0 Å². The van der Waals surface area contributed by atoms with E-state index >= 15 is 0 Å². The molecule has 4 heteroatoms. The first kappa shape index (κ1) is 13.6. The standard InChI is InChI=1S/C15H17NO2S/c1-11(2)18-14-5-3-12(4-6-14)9-16-15(17)13-7-8-19-10-13/h3-8,10-11H,9H2,1-2H3,(H,16,17). The lowest BCUT2D eigenvalue weighted by Crippen LogP contribution is -2.22. The molecular formula is C15H17NO2S. The average molecular weight is 275 g/mol. The zero-order valence-corrected chi connectivity index (χ0v) is 11.9. The molecule has 0 atom stereocenters. The predicted octanol–water partition coefficient (Wildman–Crippen LogP) is 3.47. The Hall–Kier alpha value is -1.81. The Kier molecular flexibility index (Phi) is 4.58. The molecule has 0 spiro atoms. The maximum Gasteiger partial charge on any atom is 0.252 e. The van der Waals surface area contributed by atoms with Crippen molar-refractivity contribution in [3.8, 4) is 5.75 Å². The first-order chi connectivity index (χ1) is 9.15. The van der Waals surface area contributed by atoms with Crippen LogP contribution in [0.15, 0.2) is 41.1 Å². The molecule has 0 aliphatic carbocycles. The van der Waals surface area contributed by atoms with E-state index in [9.17, 15) is 4.79 Å². The lowest BCUT2D eigenvalue weighted by atomic mass is 10.2. The summed E-state index contributed by atoms with van der Waals surface area (Å²) >= 11 is 1.52. The molecule has 3 nitrogen and oxygen atoms in total. The number of thiophene rings is 1. The van der Waals surface area contributed by atoms with Gasteiger partial charge in [0.25, 0.3) is 5.91 Å². The van der Waals surface area contributed by atoms with Crippen molar-refractivity contribution in [3.05, 3.63) is 52.2 Å². The summed E-state index contributed by atoms with van der Waals surface area (Å²) in [5.74, 6) is 0.812. The van der Waals surface area contributed by atoms with Gasteiger partial charge in [0.1, 0.15) is 5.75 Å². The second kappa shape index (κ2) is 6.38. The van der Waals surface area contributed by atoms with Crippen molar-refractivity contribution >= 4 is 17.2 Å². The van der Waals surface area contributed by atoms with Gasteiger partial charge in [-0.3, -0.25) is 4.79 Å². The molecule has 0 saturated carbocycles. The minimum atomic E-state index is -0.0382.